The molecule has 0 radical (unpaired) electrons. The van der Waals surface area contributed by atoms with Crippen LogP contribution in [0.5, 0.6) is 0 Å². The Morgan fingerprint density at radius 1 is 1.50 bits per heavy atom. The van der Waals surface area contributed by atoms with E-state index in [0.29, 0.717) is 12.3 Å². The third kappa shape index (κ3) is 6.10. The fraction of sp³-hybridized carbons (Fsp3) is 0.889. The highest BCUT2D eigenvalue weighted by molar-refractivity contribution is 7.84. The monoisotopic (exact) mass is 221 g/mol. The number of hydrogen-bond acceptors (Lipinski definition) is 3. The number of carboxylic acids is 1. The van der Waals surface area contributed by atoms with Crippen molar-refractivity contribution >= 4 is 16.8 Å². The minimum absolute atomic E-state index is 0.443. The molecule has 0 rings (SSSR count). The van der Waals surface area contributed by atoms with Gasteiger partial charge >= 0.3 is 5.97 Å². The third-order valence-electron chi connectivity index (χ3n) is 1.93. The minimum Gasteiger partial charge on any atom is -0.481 e. The molecule has 1 unspecified atom stereocenters. The zero-order valence-electron chi connectivity index (χ0n) is 9.00. The Hall–Kier alpha value is -0.420. The molecule has 84 valence electrons. The molecule has 0 saturated carbocycles. The molecule has 0 aromatic rings. The molecule has 0 saturated heterocycles. The van der Waals surface area contributed by atoms with Gasteiger partial charge in [0.25, 0.3) is 0 Å². The van der Waals surface area contributed by atoms with E-state index in [1.54, 1.807) is 20.1 Å². The zero-order valence-corrected chi connectivity index (χ0v) is 9.82. The molecule has 0 fully saturated rings. The summed E-state index contributed by atoms with van der Waals surface area (Å²) in [4.78, 5) is 10.7. The summed E-state index contributed by atoms with van der Waals surface area (Å²) < 4.78 is 10.7. The van der Waals surface area contributed by atoms with Gasteiger partial charge in [-0.25, -0.2) is 0 Å². The largest absolute Gasteiger partial charge is 0.481 e. The van der Waals surface area contributed by atoms with Gasteiger partial charge in [0, 0.05) is 29.4 Å². The molecule has 4 nitrogen and oxygen atoms in total. The number of carbonyl (C=O) groups is 1. The molecular formula is C9H19NO3S. The zero-order chi connectivity index (χ0) is 11.2. The van der Waals surface area contributed by atoms with Gasteiger partial charge in [0.2, 0.25) is 0 Å². The lowest BCUT2D eigenvalue weighted by atomic mass is 9.94. The lowest BCUT2D eigenvalue weighted by Gasteiger charge is -2.19. The fourth-order valence-corrected chi connectivity index (χ4v) is 1.43. The lowest BCUT2D eigenvalue weighted by Crippen LogP contribution is -2.36. The molecule has 2 N–H and O–H groups in total. The molecule has 0 aliphatic heterocycles. The first kappa shape index (κ1) is 13.6. The Morgan fingerprint density at radius 3 is 2.50 bits per heavy atom. The highest BCUT2D eigenvalue weighted by Gasteiger charge is 2.25. The SMILES string of the molecule is CS(=O)CCCNCC(C)(C)C(=O)O. The number of aliphatic carboxylic acids is 1. The molecule has 0 heterocycles. The van der Waals surface area contributed by atoms with Gasteiger partial charge in [0.05, 0.1) is 5.41 Å². The normalized spacial score (nSPS) is 13.9. The van der Waals surface area contributed by atoms with Crippen LogP contribution in [0.15, 0.2) is 0 Å². The van der Waals surface area contributed by atoms with Crippen molar-refractivity contribution in [2.75, 3.05) is 25.1 Å². The van der Waals surface area contributed by atoms with Gasteiger partial charge in [0.15, 0.2) is 0 Å². The minimum atomic E-state index is -0.802. The number of rotatable bonds is 7. The van der Waals surface area contributed by atoms with Crippen LogP contribution in [0.3, 0.4) is 0 Å². The molecule has 0 amide bonds. The Balaban J connectivity index is 3.54. The Morgan fingerprint density at radius 2 is 2.07 bits per heavy atom. The molecule has 1 atom stereocenters. The fourth-order valence-electron chi connectivity index (χ4n) is 0.877. The highest BCUT2D eigenvalue weighted by atomic mass is 32.2. The Kier molecular flexibility index (Phi) is 5.95. The molecule has 0 aromatic heterocycles. The van der Waals surface area contributed by atoms with Gasteiger partial charge in [-0.2, -0.15) is 0 Å². The van der Waals surface area contributed by atoms with Crippen LogP contribution in [-0.4, -0.2) is 40.4 Å². The lowest BCUT2D eigenvalue weighted by molar-refractivity contribution is -0.146. The van der Waals surface area contributed by atoms with Crippen LogP contribution in [0.1, 0.15) is 20.3 Å². The summed E-state index contributed by atoms with van der Waals surface area (Å²) in [7, 11) is -0.755. The second-order valence-corrected chi connectivity index (χ2v) is 5.55. The van der Waals surface area contributed by atoms with Crippen molar-refractivity contribution in [1.82, 2.24) is 5.32 Å². The van der Waals surface area contributed by atoms with Crippen molar-refractivity contribution in [3.8, 4) is 0 Å². The molecule has 0 spiro atoms. The van der Waals surface area contributed by atoms with E-state index >= 15 is 0 Å². The molecule has 0 aromatic carbocycles. The first-order valence-electron chi connectivity index (χ1n) is 4.60. The molecule has 14 heavy (non-hydrogen) atoms. The van der Waals surface area contributed by atoms with Crippen molar-refractivity contribution in [3.05, 3.63) is 0 Å². The van der Waals surface area contributed by atoms with Crippen molar-refractivity contribution in [1.29, 1.82) is 0 Å². The van der Waals surface area contributed by atoms with Crippen molar-refractivity contribution in [3.63, 3.8) is 0 Å². The van der Waals surface area contributed by atoms with E-state index in [9.17, 15) is 9.00 Å². The van der Waals surface area contributed by atoms with Gasteiger partial charge < -0.3 is 10.4 Å². The van der Waals surface area contributed by atoms with Crippen LogP contribution in [0.2, 0.25) is 0 Å². The number of hydrogen-bond donors (Lipinski definition) is 2. The average Bonchev–Trinajstić information content (AvgIpc) is 2.02. The van der Waals surface area contributed by atoms with Crippen LogP contribution in [0.4, 0.5) is 0 Å². The first-order valence-corrected chi connectivity index (χ1v) is 6.33. The summed E-state index contributed by atoms with van der Waals surface area (Å²) in [6, 6.07) is 0. The van der Waals surface area contributed by atoms with Crippen molar-refractivity contribution < 1.29 is 14.1 Å². The van der Waals surface area contributed by atoms with Crippen LogP contribution in [0.25, 0.3) is 0 Å². The van der Waals surface area contributed by atoms with Crippen LogP contribution in [-0.2, 0) is 15.6 Å². The topological polar surface area (TPSA) is 66.4 Å². The van der Waals surface area contributed by atoms with Gasteiger partial charge in [0.1, 0.15) is 0 Å². The van der Waals surface area contributed by atoms with Gasteiger partial charge in [-0.05, 0) is 26.8 Å². The van der Waals surface area contributed by atoms with Gasteiger partial charge in [-0.15, -0.1) is 0 Å². The summed E-state index contributed by atoms with van der Waals surface area (Å²) in [6.45, 7) is 4.52. The summed E-state index contributed by atoms with van der Waals surface area (Å²) in [5.74, 6) is -0.135. The van der Waals surface area contributed by atoms with Gasteiger partial charge in [-0.1, -0.05) is 0 Å². The van der Waals surface area contributed by atoms with E-state index in [1.807, 2.05) is 0 Å². The smallest absolute Gasteiger partial charge is 0.310 e. The predicted molar refractivity (Wildman–Crippen MR) is 57.8 cm³/mol. The van der Waals surface area contributed by atoms with E-state index in [0.717, 1.165) is 13.0 Å². The summed E-state index contributed by atoms with van der Waals surface area (Å²) in [6.07, 6.45) is 2.49. The average molecular weight is 221 g/mol. The first-order chi connectivity index (χ1) is 6.36. The molecule has 0 bridgehead atoms. The second kappa shape index (κ2) is 6.14. The predicted octanol–water partition coefficient (Wildman–Crippen LogP) is 0.455. The van der Waals surface area contributed by atoms with E-state index in [2.05, 4.69) is 5.32 Å². The van der Waals surface area contributed by atoms with Crippen LogP contribution < -0.4 is 5.32 Å². The maximum atomic E-state index is 10.7. The Labute approximate surface area is 87.5 Å². The quantitative estimate of drug-likeness (QED) is 0.613. The van der Waals surface area contributed by atoms with E-state index in [4.69, 9.17) is 5.11 Å². The van der Waals surface area contributed by atoms with E-state index in [1.165, 1.54) is 0 Å². The molecule has 5 heteroatoms. The summed E-state index contributed by atoms with van der Waals surface area (Å²) >= 11 is 0. The molecule has 0 aliphatic carbocycles. The van der Waals surface area contributed by atoms with Crippen LogP contribution >= 0.6 is 0 Å². The molecule has 0 aliphatic rings. The number of carboxylic acid groups (broad SMARTS) is 1. The standard InChI is InChI=1S/C9H19NO3S/c1-9(2,8(11)12)7-10-5-4-6-14(3)13/h10H,4-7H2,1-3H3,(H,11,12). The van der Waals surface area contributed by atoms with Crippen molar-refractivity contribution in [2.24, 2.45) is 5.41 Å². The van der Waals surface area contributed by atoms with E-state index < -0.39 is 22.2 Å². The maximum Gasteiger partial charge on any atom is 0.310 e. The molecular weight excluding hydrogens is 202 g/mol. The Bertz CT molecular complexity index is 216. The van der Waals surface area contributed by atoms with E-state index in [-0.39, 0.29) is 0 Å². The summed E-state index contributed by atoms with van der Waals surface area (Å²) in [5.41, 5.74) is -0.731. The van der Waals surface area contributed by atoms with Crippen LogP contribution in [0, 0.1) is 5.41 Å². The maximum absolute atomic E-state index is 10.7. The number of nitrogens with one attached hydrogen (secondary N) is 1. The summed E-state index contributed by atoms with van der Waals surface area (Å²) in [5, 5.41) is 11.8. The van der Waals surface area contributed by atoms with Crippen molar-refractivity contribution in [2.45, 2.75) is 20.3 Å². The van der Waals surface area contributed by atoms with Gasteiger partial charge in [-0.3, -0.25) is 9.00 Å². The third-order valence-corrected chi connectivity index (χ3v) is 2.79. The highest BCUT2D eigenvalue weighted by Crippen LogP contribution is 2.12. The second-order valence-electron chi connectivity index (χ2n) is 4.00.